The highest BCUT2D eigenvalue weighted by molar-refractivity contribution is 6.31. The van der Waals surface area contributed by atoms with E-state index in [0.717, 1.165) is 22.4 Å². The lowest BCUT2D eigenvalue weighted by atomic mass is 10.1. The quantitative estimate of drug-likeness (QED) is 0.655. The Hall–Kier alpha value is -2.00. The number of nitrogens with two attached hydrogens (primary N) is 1. The molecule has 2 aromatic carbocycles. The Labute approximate surface area is 116 Å². The fourth-order valence-electron chi connectivity index (χ4n) is 2.13. The first-order valence-electron chi connectivity index (χ1n) is 6.07. The van der Waals surface area contributed by atoms with Crippen LogP contribution in [0.1, 0.15) is 11.1 Å². The van der Waals surface area contributed by atoms with Crippen molar-refractivity contribution in [2.45, 2.75) is 13.8 Å². The van der Waals surface area contributed by atoms with Crippen LogP contribution in [0.15, 0.2) is 30.3 Å². The Morgan fingerprint density at radius 1 is 1.11 bits per heavy atom. The summed E-state index contributed by atoms with van der Waals surface area (Å²) in [5.74, 6) is 0.750. The fourth-order valence-corrected chi connectivity index (χ4v) is 2.30. The van der Waals surface area contributed by atoms with Crippen molar-refractivity contribution in [3.05, 3.63) is 46.5 Å². The van der Waals surface area contributed by atoms with Gasteiger partial charge in [0.2, 0.25) is 0 Å². The number of anilines is 1. The van der Waals surface area contributed by atoms with Gasteiger partial charge < -0.3 is 10.7 Å². The van der Waals surface area contributed by atoms with Crippen molar-refractivity contribution >= 4 is 28.3 Å². The van der Waals surface area contributed by atoms with Gasteiger partial charge in [-0.3, -0.25) is 0 Å². The summed E-state index contributed by atoms with van der Waals surface area (Å²) < 4.78 is 0. The third-order valence-electron chi connectivity index (χ3n) is 3.37. The van der Waals surface area contributed by atoms with Gasteiger partial charge in [-0.2, -0.15) is 0 Å². The normalized spacial score (nSPS) is 11.1. The van der Waals surface area contributed by atoms with E-state index in [4.69, 9.17) is 17.3 Å². The molecular formula is C15H14ClN3. The Balaban J connectivity index is 2.23. The number of hydrogen-bond donors (Lipinski definition) is 2. The first-order chi connectivity index (χ1) is 9.04. The van der Waals surface area contributed by atoms with Crippen LogP contribution in [0.3, 0.4) is 0 Å². The number of benzene rings is 2. The van der Waals surface area contributed by atoms with E-state index in [1.54, 1.807) is 12.1 Å². The molecule has 0 unspecified atom stereocenters. The van der Waals surface area contributed by atoms with Crippen molar-refractivity contribution < 1.29 is 0 Å². The van der Waals surface area contributed by atoms with Crippen LogP contribution < -0.4 is 5.73 Å². The van der Waals surface area contributed by atoms with Gasteiger partial charge in [0.25, 0.3) is 0 Å². The van der Waals surface area contributed by atoms with Crippen molar-refractivity contribution in [3.63, 3.8) is 0 Å². The van der Waals surface area contributed by atoms with E-state index in [9.17, 15) is 0 Å². The van der Waals surface area contributed by atoms with E-state index in [-0.39, 0.29) is 0 Å². The number of aromatic nitrogens is 2. The molecule has 0 amide bonds. The molecule has 0 saturated carbocycles. The lowest BCUT2D eigenvalue weighted by Gasteiger charge is -2.02. The van der Waals surface area contributed by atoms with E-state index in [2.05, 4.69) is 35.9 Å². The molecule has 3 nitrogen and oxygen atoms in total. The number of nitrogen functional groups attached to an aromatic ring is 1. The monoisotopic (exact) mass is 271 g/mol. The van der Waals surface area contributed by atoms with Gasteiger partial charge in [0.05, 0.1) is 11.0 Å². The number of nitrogens with one attached hydrogen (secondary N) is 1. The molecule has 0 radical (unpaired) electrons. The summed E-state index contributed by atoms with van der Waals surface area (Å²) in [6, 6.07) is 9.57. The van der Waals surface area contributed by atoms with Gasteiger partial charge in [-0.15, -0.1) is 0 Å². The summed E-state index contributed by atoms with van der Waals surface area (Å²) in [4.78, 5) is 7.89. The molecule has 3 aromatic rings. The second-order valence-corrected chi connectivity index (χ2v) is 5.21. The Morgan fingerprint density at radius 3 is 2.63 bits per heavy atom. The third-order valence-corrected chi connectivity index (χ3v) is 3.60. The number of aryl methyl sites for hydroxylation is 2. The molecule has 4 heteroatoms. The van der Waals surface area contributed by atoms with Crippen LogP contribution in [0.5, 0.6) is 0 Å². The van der Waals surface area contributed by atoms with Crippen molar-refractivity contribution in [1.29, 1.82) is 0 Å². The van der Waals surface area contributed by atoms with Crippen LogP contribution in [0, 0.1) is 13.8 Å². The molecular weight excluding hydrogens is 258 g/mol. The van der Waals surface area contributed by atoms with E-state index >= 15 is 0 Å². The number of halogens is 1. The molecule has 0 bridgehead atoms. The molecule has 3 rings (SSSR count). The summed E-state index contributed by atoms with van der Waals surface area (Å²) in [6.07, 6.45) is 0. The highest BCUT2D eigenvalue weighted by Crippen LogP contribution is 2.29. The molecule has 3 N–H and O–H groups in total. The number of rotatable bonds is 1. The summed E-state index contributed by atoms with van der Waals surface area (Å²) >= 11 is 6.02. The number of nitrogens with zero attached hydrogens (tertiary/aromatic N) is 1. The largest absolute Gasteiger partial charge is 0.398 e. The molecule has 0 aliphatic carbocycles. The lowest BCUT2D eigenvalue weighted by molar-refractivity contribution is 1.34. The van der Waals surface area contributed by atoms with Gasteiger partial charge in [-0.05, 0) is 55.3 Å². The van der Waals surface area contributed by atoms with Gasteiger partial charge in [0.1, 0.15) is 5.82 Å². The predicted molar refractivity (Wildman–Crippen MR) is 80.4 cm³/mol. The van der Waals surface area contributed by atoms with Crippen LogP contribution in [-0.2, 0) is 0 Å². The number of hydrogen-bond acceptors (Lipinski definition) is 2. The molecule has 1 heterocycles. The van der Waals surface area contributed by atoms with Gasteiger partial charge in [0.15, 0.2) is 0 Å². The van der Waals surface area contributed by atoms with Gasteiger partial charge in [-0.25, -0.2) is 4.98 Å². The van der Waals surface area contributed by atoms with Crippen LogP contribution in [0.25, 0.3) is 22.4 Å². The molecule has 19 heavy (non-hydrogen) atoms. The minimum Gasteiger partial charge on any atom is -0.398 e. The van der Waals surface area contributed by atoms with Gasteiger partial charge in [-0.1, -0.05) is 11.6 Å². The fraction of sp³-hybridized carbons (Fsp3) is 0.133. The van der Waals surface area contributed by atoms with Crippen molar-refractivity contribution in [3.8, 4) is 11.4 Å². The third kappa shape index (κ3) is 2.06. The molecule has 0 aliphatic heterocycles. The minimum atomic E-state index is 0.650. The zero-order chi connectivity index (χ0) is 13.6. The highest BCUT2D eigenvalue weighted by atomic mass is 35.5. The SMILES string of the molecule is Cc1cc2nc(-c3cc(Cl)ccc3N)[nH]c2cc1C. The van der Waals surface area contributed by atoms with E-state index in [1.165, 1.54) is 11.1 Å². The van der Waals surface area contributed by atoms with Crippen molar-refractivity contribution in [2.24, 2.45) is 0 Å². The molecule has 0 aliphatic rings. The molecule has 0 fully saturated rings. The summed E-state index contributed by atoms with van der Waals surface area (Å²) in [5, 5.41) is 0.650. The molecule has 1 aromatic heterocycles. The molecule has 0 atom stereocenters. The average Bonchev–Trinajstić information content (AvgIpc) is 2.75. The van der Waals surface area contributed by atoms with Gasteiger partial charge >= 0.3 is 0 Å². The van der Waals surface area contributed by atoms with Crippen molar-refractivity contribution in [2.75, 3.05) is 5.73 Å². The lowest BCUT2D eigenvalue weighted by Crippen LogP contribution is -1.90. The highest BCUT2D eigenvalue weighted by Gasteiger charge is 2.10. The number of H-pyrrole nitrogens is 1. The Kier molecular flexibility index (Phi) is 2.72. The minimum absolute atomic E-state index is 0.650. The molecule has 0 saturated heterocycles. The Morgan fingerprint density at radius 2 is 1.84 bits per heavy atom. The van der Waals surface area contributed by atoms with Crippen LogP contribution in [0.4, 0.5) is 5.69 Å². The smallest absolute Gasteiger partial charge is 0.140 e. The van der Waals surface area contributed by atoms with E-state index in [1.807, 2.05) is 6.07 Å². The Bertz CT molecular complexity index is 735. The number of aromatic amines is 1. The summed E-state index contributed by atoms with van der Waals surface area (Å²) in [7, 11) is 0. The number of fused-ring (bicyclic) bond motifs is 1. The molecule has 0 spiro atoms. The second-order valence-electron chi connectivity index (χ2n) is 4.77. The van der Waals surface area contributed by atoms with Gasteiger partial charge in [0, 0.05) is 16.3 Å². The summed E-state index contributed by atoms with van der Waals surface area (Å²) in [6.45, 7) is 4.17. The predicted octanol–water partition coefficient (Wildman–Crippen LogP) is 4.08. The van der Waals surface area contributed by atoms with Crippen LogP contribution in [0.2, 0.25) is 5.02 Å². The maximum atomic E-state index is 6.02. The maximum Gasteiger partial charge on any atom is 0.140 e. The summed E-state index contributed by atoms with van der Waals surface area (Å²) in [5.41, 5.74) is 11.9. The zero-order valence-electron chi connectivity index (χ0n) is 10.8. The van der Waals surface area contributed by atoms with Crippen molar-refractivity contribution in [1.82, 2.24) is 9.97 Å². The molecule has 96 valence electrons. The number of imidazole rings is 1. The first kappa shape index (κ1) is 12.1. The van der Waals surface area contributed by atoms with E-state index < -0.39 is 0 Å². The zero-order valence-corrected chi connectivity index (χ0v) is 11.5. The van der Waals surface area contributed by atoms with E-state index in [0.29, 0.717) is 10.7 Å². The first-order valence-corrected chi connectivity index (χ1v) is 6.45. The standard InChI is InChI=1S/C15H14ClN3/c1-8-5-13-14(6-9(8)2)19-15(18-13)11-7-10(16)3-4-12(11)17/h3-7H,17H2,1-2H3,(H,18,19). The maximum absolute atomic E-state index is 6.02. The second kappa shape index (κ2) is 4.28. The van der Waals surface area contributed by atoms with Crippen LogP contribution in [-0.4, -0.2) is 9.97 Å². The average molecular weight is 272 g/mol. The van der Waals surface area contributed by atoms with Crippen LogP contribution >= 0.6 is 11.6 Å². The topological polar surface area (TPSA) is 54.7 Å².